The van der Waals surface area contributed by atoms with Crippen LogP contribution in [0.25, 0.3) is 12.3 Å². The summed E-state index contributed by atoms with van der Waals surface area (Å²) in [6, 6.07) is 2.23. The van der Waals surface area contributed by atoms with E-state index in [1.54, 1.807) is 0 Å². The molecule has 0 spiro atoms. The summed E-state index contributed by atoms with van der Waals surface area (Å²) in [7, 11) is 0. The molecule has 0 saturated carbocycles. The highest BCUT2D eigenvalue weighted by atomic mass is 15.3. The van der Waals surface area contributed by atoms with Crippen LogP contribution >= 0.6 is 0 Å². The van der Waals surface area contributed by atoms with Crippen LogP contribution in [-0.2, 0) is 6.42 Å². The predicted molar refractivity (Wildman–Crippen MR) is 57.1 cm³/mol. The summed E-state index contributed by atoms with van der Waals surface area (Å²) < 4.78 is 2.14. The summed E-state index contributed by atoms with van der Waals surface area (Å²) in [6.07, 6.45) is 7.23. The first-order valence-electron chi connectivity index (χ1n) is 4.88. The van der Waals surface area contributed by atoms with Gasteiger partial charge in [0.2, 0.25) is 0 Å². The fourth-order valence-electron chi connectivity index (χ4n) is 2.27. The maximum Gasteiger partial charge on any atom is 0.120 e. The van der Waals surface area contributed by atoms with E-state index in [2.05, 4.69) is 41.1 Å². The summed E-state index contributed by atoms with van der Waals surface area (Å²) in [6.45, 7) is 4.53. The zero-order valence-electron chi connectivity index (χ0n) is 8.41. The number of nitrogens with one attached hydrogen (secondary N) is 1. The zero-order valence-corrected chi connectivity index (χ0v) is 8.41. The van der Waals surface area contributed by atoms with Gasteiger partial charge in [-0.3, -0.25) is 9.99 Å². The number of hydrogen-bond donors (Lipinski definition) is 1. The van der Waals surface area contributed by atoms with E-state index in [1.807, 2.05) is 12.5 Å². The smallest absolute Gasteiger partial charge is 0.120 e. The lowest BCUT2D eigenvalue weighted by Gasteiger charge is -2.13. The van der Waals surface area contributed by atoms with E-state index < -0.39 is 0 Å². The Balaban J connectivity index is 2.36. The third-order valence-electron chi connectivity index (χ3n) is 2.82. The van der Waals surface area contributed by atoms with Crippen molar-refractivity contribution < 1.29 is 0 Å². The first-order chi connectivity index (χ1) is 6.66. The quantitative estimate of drug-likeness (QED) is 0.608. The van der Waals surface area contributed by atoms with Gasteiger partial charge in [-0.2, -0.15) is 5.10 Å². The van der Waals surface area contributed by atoms with E-state index in [0.717, 1.165) is 6.42 Å². The largest absolute Gasteiger partial charge is 0.298 e. The summed E-state index contributed by atoms with van der Waals surface area (Å²) in [5.74, 6) is 0. The zero-order chi connectivity index (χ0) is 9.76. The van der Waals surface area contributed by atoms with Crippen molar-refractivity contribution in [3.63, 3.8) is 0 Å². The highest BCUT2D eigenvalue weighted by Crippen LogP contribution is 2.26. The van der Waals surface area contributed by atoms with Crippen LogP contribution in [0.1, 0.15) is 19.4 Å². The summed E-state index contributed by atoms with van der Waals surface area (Å²) in [4.78, 5) is 0. The maximum atomic E-state index is 4.03. The molecule has 14 heavy (non-hydrogen) atoms. The van der Waals surface area contributed by atoms with Gasteiger partial charge in [0, 0.05) is 11.5 Å². The van der Waals surface area contributed by atoms with Crippen molar-refractivity contribution >= 4 is 18.6 Å². The van der Waals surface area contributed by atoms with Gasteiger partial charge in [0.25, 0.3) is 0 Å². The fraction of sp³-hybridized carbons (Fsp3) is 0.364. The second kappa shape index (κ2) is 2.29. The minimum absolute atomic E-state index is 0.297. The van der Waals surface area contributed by atoms with Crippen molar-refractivity contribution in [1.82, 2.24) is 9.99 Å². The molecule has 1 aliphatic heterocycles. The minimum atomic E-state index is 0.297. The average Bonchev–Trinajstić information content (AvgIpc) is 2.56. The predicted octanol–water partition coefficient (Wildman–Crippen LogP) is -0.0165. The Kier molecular flexibility index (Phi) is 1.29. The van der Waals surface area contributed by atoms with Crippen molar-refractivity contribution in [2.24, 2.45) is 10.5 Å². The monoisotopic (exact) mass is 187 g/mol. The topological polar surface area (TPSA) is 29.3 Å². The van der Waals surface area contributed by atoms with E-state index in [4.69, 9.17) is 0 Å². The Hall–Kier alpha value is -1.51. The van der Waals surface area contributed by atoms with Crippen LogP contribution in [0.4, 0.5) is 0 Å². The molecular weight excluding hydrogens is 174 g/mol. The molecule has 3 rings (SSSR count). The van der Waals surface area contributed by atoms with E-state index in [0.29, 0.717) is 5.41 Å². The molecule has 0 saturated heterocycles. The first-order valence-corrected chi connectivity index (χ1v) is 4.88. The molecule has 0 amide bonds. The SMILES string of the molecule is CC1(C)C=c2c(cc3n2C=NNC=3)C1. The number of fused-ring (bicyclic) bond motifs is 3. The lowest BCUT2D eigenvalue weighted by molar-refractivity contribution is 0.529. The molecule has 0 unspecified atom stereocenters. The molecule has 3 nitrogen and oxygen atoms in total. The second-order valence-electron chi connectivity index (χ2n) is 4.68. The highest BCUT2D eigenvalue weighted by Gasteiger charge is 2.24. The molecule has 2 aliphatic rings. The third-order valence-corrected chi connectivity index (χ3v) is 2.82. The van der Waals surface area contributed by atoms with Crippen LogP contribution in [0.3, 0.4) is 0 Å². The molecule has 0 atom stereocenters. The molecule has 1 aromatic rings. The number of nitrogens with zero attached hydrogens (tertiary/aromatic N) is 2. The van der Waals surface area contributed by atoms with Crippen molar-refractivity contribution in [2.45, 2.75) is 20.3 Å². The molecule has 1 aromatic heterocycles. The van der Waals surface area contributed by atoms with Gasteiger partial charge in [0.15, 0.2) is 0 Å². The Bertz CT molecular complexity index is 532. The molecule has 72 valence electrons. The summed E-state index contributed by atoms with van der Waals surface area (Å²) in [5, 5.41) is 6.53. The van der Waals surface area contributed by atoms with Gasteiger partial charge in [-0.15, -0.1) is 0 Å². The first kappa shape index (κ1) is 7.85. The summed E-state index contributed by atoms with van der Waals surface area (Å²) in [5.41, 5.74) is 4.58. The molecular formula is C11H13N3. The van der Waals surface area contributed by atoms with Gasteiger partial charge in [-0.05, 0) is 23.5 Å². The Morgan fingerprint density at radius 2 is 2.36 bits per heavy atom. The molecule has 0 aromatic carbocycles. The lowest BCUT2D eigenvalue weighted by Crippen LogP contribution is -2.31. The number of hydrazone groups is 1. The average molecular weight is 187 g/mol. The maximum absolute atomic E-state index is 4.03. The standard InChI is InChI=1S/C11H13N3/c1-11(2)4-8-3-9-6-12-13-7-14(9)10(8)5-11/h3,5-7,12H,4H2,1-2H3. The number of rotatable bonds is 0. The Labute approximate surface area is 82.4 Å². The van der Waals surface area contributed by atoms with Crippen LogP contribution in [-0.4, -0.2) is 10.9 Å². The van der Waals surface area contributed by atoms with Gasteiger partial charge < -0.3 is 0 Å². The van der Waals surface area contributed by atoms with Crippen molar-refractivity contribution in [3.8, 4) is 0 Å². The minimum Gasteiger partial charge on any atom is -0.298 e. The van der Waals surface area contributed by atoms with Crippen LogP contribution in [0, 0.1) is 5.41 Å². The van der Waals surface area contributed by atoms with Gasteiger partial charge >= 0.3 is 0 Å². The van der Waals surface area contributed by atoms with Gasteiger partial charge in [-0.1, -0.05) is 19.9 Å². The molecule has 0 radical (unpaired) electrons. The van der Waals surface area contributed by atoms with Crippen LogP contribution in [0.5, 0.6) is 0 Å². The Morgan fingerprint density at radius 3 is 3.21 bits per heavy atom. The van der Waals surface area contributed by atoms with Crippen LogP contribution < -0.4 is 16.1 Å². The Morgan fingerprint density at radius 1 is 1.50 bits per heavy atom. The molecule has 0 fully saturated rings. The van der Waals surface area contributed by atoms with E-state index >= 15 is 0 Å². The van der Waals surface area contributed by atoms with Gasteiger partial charge in [0.1, 0.15) is 6.34 Å². The van der Waals surface area contributed by atoms with E-state index in [9.17, 15) is 0 Å². The molecule has 2 heterocycles. The van der Waals surface area contributed by atoms with Crippen LogP contribution in [0.2, 0.25) is 0 Å². The normalized spacial score (nSPS) is 20.4. The van der Waals surface area contributed by atoms with Crippen molar-refractivity contribution in [2.75, 3.05) is 0 Å². The van der Waals surface area contributed by atoms with Gasteiger partial charge in [-0.25, -0.2) is 0 Å². The molecule has 1 N–H and O–H groups in total. The number of aromatic nitrogens is 1. The highest BCUT2D eigenvalue weighted by molar-refractivity contribution is 5.63. The summed E-state index contributed by atoms with van der Waals surface area (Å²) >= 11 is 0. The van der Waals surface area contributed by atoms with E-state index in [-0.39, 0.29) is 0 Å². The molecule has 1 aliphatic carbocycles. The number of hydrogen-bond acceptors (Lipinski definition) is 2. The van der Waals surface area contributed by atoms with Crippen molar-refractivity contribution in [1.29, 1.82) is 0 Å². The van der Waals surface area contributed by atoms with Crippen molar-refractivity contribution in [3.05, 3.63) is 22.3 Å². The third kappa shape index (κ3) is 0.953. The molecule has 0 bridgehead atoms. The van der Waals surface area contributed by atoms with Crippen LogP contribution in [0.15, 0.2) is 11.2 Å². The second-order valence-corrected chi connectivity index (χ2v) is 4.68. The lowest BCUT2D eigenvalue weighted by atomic mass is 9.92. The molecule has 3 heteroatoms. The van der Waals surface area contributed by atoms with E-state index in [1.165, 1.54) is 16.3 Å². The van der Waals surface area contributed by atoms with Gasteiger partial charge in [0.05, 0.1) is 5.35 Å². The fourth-order valence-corrected chi connectivity index (χ4v) is 2.27.